The highest BCUT2D eigenvalue weighted by atomic mass is 19.1. The molecule has 8 heteroatoms. The van der Waals surface area contributed by atoms with Crippen molar-refractivity contribution in [3.8, 4) is 5.75 Å². The third kappa shape index (κ3) is 6.64. The zero-order valence-corrected chi connectivity index (χ0v) is 13.8. The van der Waals surface area contributed by atoms with Gasteiger partial charge in [-0.1, -0.05) is 13.0 Å². The Balaban J connectivity index is 2.39. The quantitative estimate of drug-likeness (QED) is 0.735. The molecular formula is C16H21FN2O5. The van der Waals surface area contributed by atoms with Crippen molar-refractivity contribution in [3.05, 3.63) is 29.6 Å². The number of nitrogens with one attached hydrogen (secondary N) is 2. The Labute approximate surface area is 139 Å². The Hall–Kier alpha value is -2.64. The maximum atomic E-state index is 13.5. The van der Waals surface area contributed by atoms with Gasteiger partial charge in [0.05, 0.1) is 13.5 Å². The number of esters is 1. The molecule has 0 aromatic heterocycles. The average Bonchev–Trinajstić information content (AvgIpc) is 2.52. The van der Waals surface area contributed by atoms with Crippen molar-refractivity contribution in [3.63, 3.8) is 0 Å². The van der Waals surface area contributed by atoms with E-state index >= 15 is 0 Å². The summed E-state index contributed by atoms with van der Waals surface area (Å²) in [4.78, 5) is 34.5. The van der Waals surface area contributed by atoms with E-state index in [2.05, 4.69) is 5.32 Å². The van der Waals surface area contributed by atoms with Crippen molar-refractivity contribution in [1.29, 1.82) is 0 Å². The van der Waals surface area contributed by atoms with Crippen LogP contribution in [0.5, 0.6) is 5.75 Å². The minimum Gasteiger partial charge on any atom is -0.494 e. The van der Waals surface area contributed by atoms with Crippen LogP contribution in [-0.4, -0.2) is 37.7 Å². The Morgan fingerprint density at radius 1 is 1.29 bits per heavy atom. The summed E-state index contributed by atoms with van der Waals surface area (Å²) >= 11 is 0. The molecule has 0 radical (unpaired) electrons. The molecule has 0 saturated carbocycles. The molecule has 132 valence electrons. The van der Waals surface area contributed by atoms with E-state index in [-0.39, 0.29) is 18.2 Å². The van der Waals surface area contributed by atoms with Crippen LogP contribution in [0, 0.1) is 5.82 Å². The first-order valence-corrected chi connectivity index (χ1v) is 7.44. The average molecular weight is 340 g/mol. The molecule has 0 aliphatic heterocycles. The van der Waals surface area contributed by atoms with Crippen LogP contribution in [0.15, 0.2) is 18.2 Å². The Morgan fingerprint density at radius 2 is 2.00 bits per heavy atom. The predicted octanol–water partition coefficient (Wildman–Crippen LogP) is 1.54. The van der Waals surface area contributed by atoms with E-state index in [0.717, 1.165) is 12.5 Å². The van der Waals surface area contributed by atoms with Gasteiger partial charge in [0, 0.05) is 6.04 Å². The van der Waals surface area contributed by atoms with E-state index in [1.807, 2.05) is 12.2 Å². The highest BCUT2D eigenvalue weighted by Gasteiger charge is 2.13. The lowest BCUT2D eigenvalue weighted by Gasteiger charge is -2.11. The van der Waals surface area contributed by atoms with Gasteiger partial charge in [0.25, 0.3) is 5.91 Å². The maximum Gasteiger partial charge on any atom is 0.321 e. The van der Waals surface area contributed by atoms with Crippen molar-refractivity contribution in [1.82, 2.24) is 10.6 Å². The molecule has 0 spiro atoms. The molecule has 2 N–H and O–H groups in total. The minimum absolute atomic E-state index is 0.0683. The van der Waals surface area contributed by atoms with Gasteiger partial charge >= 0.3 is 12.0 Å². The van der Waals surface area contributed by atoms with Gasteiger partial charge in [-0.05, 0) is 31.0 Å². The molecule has 0 unspecified atom stereocenters. The molecule has 1 aromatic rings. The summed E-state index contributed by atoms with van der Waals surface area (Å²) in [5.41, 5.74) is 0.383. The van der Waals surface area contributed by atoms with Crippen LogP contribution in [-0.2, 0) is 20.7 Å². The number of hydrogen-bond acceptors (Lipinski definition) is 5. The Morgan fingerprint density at radius 3 is 2.58 bits per heavy atom. The molecule has 0 saturated heterocycles. The van der Waals surface area contributed by atoms with E-state index in [1.54, 1.807) is 6.92 Å². The topological polar surface area (TPSA) is 93.7 Å². The van der Waals surface area contributed by atoms with Gasteiger partial charge in [-0.25, -0.2) is 9.18 Å². The lowest BCUT2D eigenvalue weighted by atomic mass is 10.1. The molecule has 1 rings (SSSR count). The fraction of sp³-hybridized carbons (Fsp3) is 0.438. The largest absolute Gasteiger partial charge is 0.494 e. The van der Waals surface area contributed by atoms with Crippen LogP contribution in [0.25, 0.3) is 0 Å². The Bertz CT molecular complexity index is 606. The van der Waals surface area contributed by atoms with Crippen molar-refractivity contribution in [2.75, 3.05) is 13.7 Å². The van der Waals surface area contributed by atoms with Crippen LogP contribution in [0.3, 0.4) is 0 Å². The number of halogens is 1. The second kappa shape index (κ2) is 9.49. The molecule has 1 aromatic carbocycles. The van der Waals surface area contributed by atoms with E-state index in [0.29, 0.717) is 5.56 Å². The van der Waals surface area contributed by atoms with Crippen LogP contribution >= 0.6 is 0 Å². The zero-order valence-electron chi connectivity index (χ0n) is 13.8. The maximum absolute atomic E-state index is 13.5. The van der Waals surface area contributed by atoms with Crippen molar-refractivity contribution in [2.24, 2.45) is 0 Å². The number of amides is 3. The second-order valence-electron chi connectivity index (χ2n) is 5.14. The van der Waals surface area contributed by atoms with Crippen molar-refractivity contribution < 1.29 is 28.2 Å². The predicted molar refractivity (Wildman–Crippen MR) is 84.0 cm³/mol. The number of methoxy groups -OCH3 is 1. The monoisotopic (exact) mass is 340 g/mol. The molecule has 3 amide bonds. The first-order chi connectivity index (χ1) is 11.3. The summed E-state index contributed by atoms with van der Waals surface area (Å²) in [6.45, 7) is 3.08. The smallest absolute Gasteiger partial charge is 0.321 e. The summed E-state index contributed by atoms with van der Waals surface area (Å²) in [5, 5.41) is 4.59. The Kier molecular flexibility index (Phi) is 7.67. The number of urea groups is 1. The highest BCUT2D eigenvalue weighted by molar-refractivity contribution is 5.95. The van der Waals surface area contributed by atoms with Crippen molar-refractivity contribution >= 4 is 17.9 Å². The number of carbonyl (C=O) groups excluding carboxylic acids is 3. The van der Waals surface area contributed by atoms with Gasteiger partial charge in [0.15, 0.2) is 18.2 Å². The number of carbonyl (C=O) groups is 3. The van der Waals surface area contributed by atoms with E-state index < -0.39 is 30.3 Å². The zero-order chi connectivity index (χ0) is 18.1. The molecule has 1 atom stereocenters. The van der Waals surface area contributed by atoms with Crippen LogP contribution < -0.4 is 15.4 Å². The molecule has 24 heavy (non-hydrogen) atoms. The fourth-order valence-electron chi connectivity index (χ4n) is 1.71. The van der Waals surface area contributed by atoms with Crippen molar-refractivity contribution in [2.45, 2.75) is 32.7 Å². The van der Waals surface area contributed by atoms with E-state index in [9.17, 15) is 18.8 Å². The van der Waals surface area contributed by atoms with Crippen LogP contribution in [0.4, 0.5) is 9.18 Å². The number of ether oxygens (including phenoxy) is 2. The second-order valence-corrected chi connectivity index (χ2v) is 5.14. The van der Waals surface area contributed by atoms with Gasteiger partial charge in [0.1, 0.15) is 0 Å². The van der Waals surface area contributed by atoms with E-state index in [1.165, 1.54) is 19.2 Å². The summed E-state index contributed by atoms with van der Waals surface area (Å²) < 4.78 is 23.0. The summed E-state index contributed by atoms with van der Waals surface area (Å²) in [6, 6.07) is 3.33. The normalized spacial score (nSPS) is 11.3. The van der Waals surface area contributed by atoms with Gasteiger partial charge in [0.2, 0.25) is 0 Å². The minimum atomic E-state index is -0.745. The van der Waals surface area contributed by atoms with Gasteiger partial charge in [-0.15, -0.1) is 0 Å². The third-order valence-electron chi connectivity index (χ3n) is 3.17. The first kappa shape index (κ1) is 19.4. The number of imide groups is 1. The molecule has 0 fully saturated rings. The molecule has 0 bridgehead atoms. The fourth-order valence-corrected chi connectivity index (χ4v) is 1.71. The number of benzene rings is 1. The molecule has 0 heterocycles. The van der Waals surface area contributed by atoms with Gasteiger partial charge in [-0.2, -0.15) is 0 Å². The molecule has 0 aliphatic rings. The van der Waals surface area contributed by atoms with Gasteiger partial charge < -0.3 is 14.8 Å². The molecule has 0 aliphatic carbocycles. The lowest BCUT2D eigenvalue weighted by Crippen LogP contribution is -2.44. The van der Waals surface area contributed by atoms with Gasteiger partial charge in [-0.3, -0.25) is 14.9 Å². The van der Waals surface area contributed by atoms with Crippen LogP contribution in [0.1, 0.15) is 25.8 Å². The SMILES string of the molecule is CC[C@@H](C)NC(=O)NC(=O)COC(=O)Cc1ccc(OC)c(F)c1. The third-order valence-corrected chi connectivity index (χ3v) is 3.17. The number of rotatable bonds is 7. The molecular weight excluding hydrogens is 319 g/mol. The standard InChI is InChI=1S/C16H21FN2O5/c1-4-10(2)18-16(22)19-14(20)9-24-15(21)8-11-5-6-13(23-3)12(17)7-11/h5-7,10H,4,8-9H2,1-3H3,(H2,18,19,20,22)/t10-/m1/s1. The highest BCUT2D eigenvalue weighted by Crippen LogP contribution is 2.18. The summed E-state index contributed by atoms with van der Waals surface area (Å²) in [5.74, 6) is -1.98. The van der Waals surface area contributed by atoms with Crippen LogP contribution in [0.2, 0.25) is 0 Å². The summed E-state index contributed by atoms with van der Waals surface area (Å²) in [6.07, 6.45) is 0.516. The molecule has 7 nitrogen and oxygen atoms in total. The van der Waals surface area contributed by atoms with E-state index in [4.69, 9.17) is 9.47 Å². The number of hydrogen-bond donors (Lipinski definition) is 2. The lowest BCUT2D eigenvalue weighted by molar-refractivity contribution is -0.147. The first-order valence-electron chi connectivity index (χ1n) is 7.44. The summed E-state index contributed by atoms with van der Waals surface area (Å²) in [7, 11) is 1.34.